The van der Waals surface area contributed by atoms with Gasteiger partial charge in [-0.1, -0.05) is 0 Å². The van der Waals surface area contributed by atoms with Crippen molar-refractivity contribution in [2.45, 2.75) is 24.7 Å². The van der Waals surface area contributed by atoms with Gasteiger partial charge in [-0.15, -0.1) is 0 Å². The Morgan fingerprint density at radius 1 is 1.19 bits per heavy atom. The fourth-order valence-corrected chi connectivity index (χ4v) is 2.36. The van der Waals surface area contributed by atoms with E-state index >= 15 is 0 Å². The van der Waals surface area contributed by atoms with Crippen LogP contribution in [0.25, 0.3) is 10.8 Å². The Morgan fingerprint density at radius 3 is 2.75 bits per heavy atom. The lowest BCUT2D eigenvalue weighted by Gasteiger charge is -2.35. The third-order valence-electron chi connectivity index (χ3n) is 3.50. The van der Waals surface area contributed by atoms with E-state index in [-0.39, 0.29) is 5.41 Å². The van der Waals surface area contributed by atoms with Crippen LogP contribution in [-0.4, -0.2) is 9.97 Å². The van der Waals surface area contributed by atoms with Crippen LogP contribution < -0.4 is 0 Å². The van der Waals surface area contributed by atoms with Crippen molar-refractivity contribution >= 4 is 10.8 Å². The van der Waals surface area contributed by atoms with E-state index in [0.29, 0.717) is 0 Å². The summed E-state index contributed by atoms with van der Waals surface area (Å²) in [5.74, 6) is 0. The van der Waals surface area contributed by atoms with Crippen LogP contribution >= 0.6 is 0 Å². The van der Waals surface area contributed by atoms with Gasteiger partial charge in [0.25, 0.3) is 0 Å². The zero-order valence-corrected chi connectivity index (χ0v) is 8.85. The first-order valence-electron chi connectivity index (χ1n) is 5.45. The van der Waals surface area contributed by atoms with Gasteiger partial charge in [0, 0.05) is 41.1 Å². The van der Waals surface area contributed by atoms with E-state index in [4.69, 9.17) is 0 Å². The van der Waals surface area contributed by atoms with E-state index in [0.717, 1.165) is 35.6 Å². The molecule has 0 bridgehead atoms. The highest BCUT2D eigenvalue weighted by Gasteiger charge is 2.40. The van der Waals surface area contributed by atoms with E-state index in [1.807, 2.05) is 24.7 Å². The molecular formula is C13H11N3. The third-order valence-corrected chi connectivity index (χ3v) is 3.50. The Bertz CT molecular complexity index is 574. The first kappa shape index (κ1) is 9.29. The molecule has 0 spiro atoms. The molecule has 0 saturated heterocycles. The molecule has 1 saturated carbocycles. The van der Waals surface area contributed by atoms with Gasteiger partial charge >= 0.3 is 0 Å². The molecule has 0 unspecified atom stereocenters. The Balaban J connectivity index is 2.28. The highest BCUT2D eigenvalue weighted by atomic mass is 14.7. The summed E-state index contributed by atoms with van der Waals surface area (Å²) in [6, 6.07) is 4.40. The second-order valence-electron chi connectivity index (χ2n) is 4.33. The average Bonchev–Trinajstić information content (AvgIpc) is 2.29. The van der Waals surface area contributed by atoms with Gasteiger partial charge in [0.15, 0.2) is 0 Å². The number of fused-ring (bicyclic) bond motifs is 1. The van der Waals surface area contributed by atoms with Crippen molar-refractivity contribution in [3.8, 4) is 6.07 Å². The third kappa shape index (κ3) is 1.13. The topological polar surface area (TPSA) is 49.6 Å². The van der Waals surface area contributed by atoms with Crippen molar-refractivity contribution in [3.05, 3.63) is 36.4 Å². The predicted molar refractivity (Wildman–Crippen MR) is 60.7 cm³/mol. The Kier molecular flexibility index (Phi) is 1.90. The Hall–Kier alpha value is -1.95. The maximum atomic E-state index is 9.35. The fraction of sp³-hybridized carbons (Fsp3) is 0.308. The molecule has 0 aliphatic heterocycles. The zero-order chi connectivity index (χ0) is 11.0. The van der Waals surface area contributed by atoms with Gasteiger partial charge in [-0.3, -0.25) is 9.97 Å². The summed E-state index contributed by atoms with van der Waals surface area (Å²) in [7, 11) is 0. The van der Waals surface area contributed by atoms with Crippen LogP contribution in [0, 0.1) is 11.3 Å². The van der Waals surface area contributed by atoms with Crippen molar-refractivity contribution in [2.75, 3.05) is 0 Å². The number of hydrogen-bond acceptors (Lipinski definition) is 3. The van der Waals surface area contributed by atoms with Crippen LogP contribution in [0.2, 0.25) is 0 Å². The summed E-state index contributed by atoms with van der Waals surface area (Å²) in [4.78, 5) is 8.37. The van der Waals surface area contributed by atoms with Crippen LogP contribution in [0.4, 0.5) is 0 Å². The van der Waals surface area contributed by atoms with Crippen molar-refractivity contribution < 1.29 is 0 Å². The molecule has 3 rings (SSSR count). The van der Waals surface area contributed by atoms with Crippen LogP contribution in [-0.2, 0) is 5.41 Å². The molecule has 0 N–H and O–H groups in total. The molecule has 3 nitrogen and oxygen atoms in total. The van der Waals surface area contributed by atoms with Gasteiger partial charge in [-0.2, -0.15) is 5.26 Å². The Labute approximate surface area is 93.8 Å². The van der Waals surface area contributed by atoms with Crippen molar-refractivity contribution in [1.29, 1.82) is 5.26 Å². The number of nitrogens with zero attached hydrogens (tertiary/aromatic N) is 3. The molecule has 2 aromatic heterocycles. The monoisotopic (exact) mass is 209 g/mol. The average molecular weight is 209 g/mol. The molecule has 0 aromatic carbocycles. The first-order valence-corrected chi connectivity index (χ1v) is 5.45. The minimum Gasteiger partial charge on any atom is -0.264 e. The van der Waals surface area contributed by atoms with Crippen LogP contribution in [0.3, 0.4) is 0 Å². The number of pyridine rings is 2. The molecule has 0 radical (unpaired) electrons. The summed E-state index contributed by atoms with van der Waals surface area (Å²) in [6.07, 6.45) is 10.3. The quantitative estimate of drug-likeness (QED) is 0.725. The largest absolute Gasteiger partial charge is 0.264 e. The lowest BCUT2D eigenvalue weighted by molar-refractivity contribution is 0.326. The summed E-state index contributed by atoms with van der Waals surface area (Å²) in [5, 5.41) is 11.5. The maximum Gasteiger partial charge on any atom is 0.0843 e. The summed E-state index contributed by atoms with van der Waals surface area (Å²) in [6.45, 7) is 0. The molecule has 3 heteroatoms. The summed E-state index contributed by atoms with van der Waals surface area (Å²) < 4.78 is 0. The molecule has 78 valence electrons. The van der Waals surface area contributed by atoms with Crippen LogP contribution in [0.15, 0.2) is 30.9 Å². The molecule has 16 heavy (non-hydrogen) atoms. The number of nitriles is 1. The molecule has 2 heterocycles. The standard InChI is InChI=1S/C13H11N3/c14-9-13(3-1-4-13)12-8-16-6-10-2-5-15-7-11(10)12/h2,5-8H,1,3-4H2. The van der Waals surface area contributed by atoms with Crippen molar-refractivity contribution in [2.24, 2.45) is 0 Å². The molecule has 1 aliphatic carbocycles. The molecule has 0 amide bonds. The fourth-order valence-electron chi connectivity index (χ4n) is 2.36. The number of aromatic nitrogens is 2. The van der Waals surface area contributed by atoms with Gasteiger partial charge in [0.05, 0.1) is 11.5 Å². The van der Waals surface area contributed by atoms with E-state index in [1.165, 1.54) is 0 Å². The molecular weight excluding hydrogens is 198 g/mol. The second kappa shape index (κ2) is 3.28. The SMILES string of the molecule is N#CC1(c2cncc3ccncc23)CCC1. The Morgan fingerprint density at radius 2 is 2.06 bits per heavy atom. The minimum absolute atomic E-state index is 0.310. The zero-order valence-electron chi connectivity index (χ0n) is 8.85. The van der Waals surface area contributed by atoms with Gasteiger partial charge in [-0.25, -0.2) is 0 Å². The van der Waals surface area contributed by atoms with Crippen molar-refractivity contribution in [1.82, 2.24) is 9.97 Å². The lowest BCUT2D eigenvalue weighted by atomic mass is 9.65. The van der Waals surface area contributed by atoms with Gasteiger partial charge in [0.1, 0.15) is 0 Å². The second-order valence-corrected chi connectivity index (χ2v) is 4.33. The minimum atomic E-state index is -0.310. The maximum absolute atomic E-state index is 9.35. The van der Waals surface area contributed by atoms with Crippen LogP contribution in [0.1, 0.15) is 24.8 Å². The highest BCUT2D eigenvalue weighted by Crippen LogP contribution is 2.44. The first-order chi connectivity index (χ1) is 7.86. The predicted octanol–water partition coefficient (Wildman–Crippen LogP) is 2.58. The smallest absolute Gasteiger partial charge is 0.0843 e. The lowest BCUT2D eigenvalue weighted by Crippen LogP contribution is -2.32. The van der Waals surface area contributed by atoms with E-state index in [2.05, 4.69) is 16.0 Å². The molecule has 1 aliphatic rings. The van der Waals surface area contributed by atoms with Crippen molar-refractivity contribution in [3.63, 3.8) is 0 Å². The summed E-state index contributed by atoms with van der Waals surface area (Å²) in [5.41, 5.74) is 0.738. The normalized spacial score (nSPS) is 17.7. The van der Waals surface area contributed by atoms with Gasteiger partial charge in [0.2, 0.25) is 0 Å². The van der Waals surface area contributed by atoms with Gasteiger partial charge < -0.3 is 0 Å². The summed E-state index contributed by atoms with van der Waals surface area (Å²) >= 11 is 0. The number of hydrogen-bond donors (Lipinski definition) is 0. The van der Waals surface area contributed by atoms with Crippen LogP contribution in [0.5, 0.6) is 0 Å². The van der Waals surface area contributed by atoms with E-state index in [1.54, 1.807) is 6.20 Å². The van der Waals surface area contributed by atoms with E-state index < -0.39 is 0 Å². The highest BCUT2D eigenvalue weighted by molar-refractivity contribution is 5.85. The molecule has 0 atom stereocenters. The molecule has 1 fully saturated rings. The van der Waals surface area contributed by atoms with E-state index in [9.17, 15) is 5.26 Å². The van der Waals surface area contributed by atoms with Gasteiger partial charge in [-0.05, 0) is 25.3 Å². The molecule has 2 aromatic rings. The number of rotatable bonds is 1.